The van der Waals surface area contributed by atoms with Crippen LogP contribution in [0, 0.1) is 5.82 Å². The molecule has 2 rings (SSSR count). The number of anilines is 1. The average molecular weight is 252 g/mol. The van der Waals surface area contributed by atoms with Gasteiger partial charge in [-0.3, -0.25) is 0 Å². The Morgan fingerprint density at radius 3 is 2.78 bits per heavy atom. The van der Waals surface area contributed by atoms with Gasteiger partial charge in [0.05, 0.1) is 7.11 Å². The van der Waals surface area contributed by atoms with Crippen molar-refractivity contribution in [3.8, 4) is 5.75 Å². The molecule has 18 heavy (non-hydrogen) atoms. The van der Waals surface area contributed by atoms with E-state index in [-0.39, 0.29) is 17.8 Å². The fourth-order valence-corrected chi connectivity index (χ4v) is 2.16. The molecule has 98 valence electrons. The molecule has 2 N–H and O–H groups in total. The fraction of sp³-hybridized carbons (Fsp3) is 0.462. The zero-order valence-corrected chi connectivity index (χ0v) is 10.3. The molecule has 0 spiro atoms. The van der Waals surface area contributed by atoms with Gasteiger partial charge in [0.25, 0.3) is 0 Å². The maximum atomic E-state index is 13.2. The van der Waals surface area contributed by atoms with Crippen LogP contribution in [0.3, 0.4) is 0 Å². The Morgan fingerprint density at radius 1 is 1.39 bits per heavy atom. The van der Waals surface area contributed by atoms with Crippen molar-refractivity contribution < 1.29 is 13.9 Å². The molecule has 2 amide bonds. The second-order valence-corrected chi connectivity index (χ2v) is 4.43. The van der Waals surface area contributed by atoms with Crippen LogP contribution in [0.2, 0.25) is 0 Å². The lowest BCUT2D eigenvalue weighted by Crippen LogP contribution is -2.36. The average Bonchev–Trinajstić information content (AvgIpc) is 2.84. The minimum atomic E-state index is -0.445. The Labute approximate surface area is 106 Å². The lowest BCUT2D eigenvalue weighted by Gasteiger charge is -2.13. The summed E-state index contributed by atoms with van der Waals surface area (Å²) < 4.78 is 18.0. The molecule has 0 saturated heterocycles. The number of carbonyl (C=O) groups is 1. The summed E-state index contributed by atoms with van der Waals surface area (Å²) in [5.41, 5.74) is 0.517. The Bertz CT molecular complexity index is 431. The number of urea groups is 1. The Kier molecular flexibility index (Phi) is 4.02. The van der Waals surface area contributed by atoms with Crippen LogP contribution in [0.4, 0.5) is 14.9 Å². The van der Waals surface area contributed by atoms with Gasteiger partial charge in [0.1, 0.15) is 0 Å². The number of halogens is 1. The molecule has 0 radical (unpaired) electrons. The van der Waals surface area contributed by atoms with Crippen molar-refractivity contribution in [2.24, 2.45) is 0 Å². The quantitative estimate of drug-likeness (QED) is 0.869. The molecule has 1 aromatic carbocycles. The van der Waals surface area contributed by atoms with Crippen LogP contribution >= 0.6 is 0 Å². The van der Waals surface area contributed by atoms with Crippen LogP contribution in [0.1, 0.15) is 25.7 Å². The highest BCUT2D eigenvalue weighted by Crippen LogP contribution is 2.22. The van der Waals surface area contributed by atoms with Crippen LogP contribution < -0.4 is 15.4 Å². The van der Waals surface area contributed by atoms with Gasteiger partial charge in [0, 0.05) is 17.8 Å². The Morgan fingerprint density at radius 2 is 2.11 bits per heavy atom. The minimum Gasteiger partial charge on any atom is -0.494 e. The number of ether oxygens (including phenoxy) is 1. The zero-order valence-electron chi connectivity index (χ0n) is 10.3. The van der Waals surface area contributed by atoms with Crippen molar-refractivity contribution in [3.05, 3.63) is 24.0 Å². The summed E-state index contributed by atoms with van der Waals surface area (Å²) in [6.07, 6.45) is 4.38. The predicted molar refractivity (Wildman–Crippen MR) is 67.4 cm³/mol. The highest BCUT2D eigenvalue weighted by atomic mass is 19.1. The van der Waals surface area contributed by atoms with Gasteiger partial charge in [-0.1, -0.05) is 12.8 Å². The van der Waals surface area contributed by atoms with E-state index in [1.54, 1.807) is 0 Å². The Balaban J connectivity index is 1.93. The third kappa shape index (κ3) is 3.12. The van der Waals surface area contributed by atoms with Gasteiger partial charge in [-0.05, 0) is 25.0 Å². The predicted octanol–water partition coefficient (Wildman–Crippen LogP) is 2.90. The van der Waals surface area contributed by atoms with E-state index in [2.05, 4.69) is 10.6 Å². The Hall–Kier alpha value is -1.78. The number of rotatable bonds is 3. The van der Waals surface area contributed by atoms with Crippen LogP contribution in [-0.2, 0) is 0 Å². The fourth-order valence-electron chi connectivity index (χ4n) is 2.16. The number of methoxy groups -OCH3 is 1. The van der Waals surface area contributed by atoms with Gasteiger partial charge in [-0.15, -0.1) is 0 Å². The molecule has 1 fully saturated rings. The lowest BCUT2D eigenvalue weighted by molar-refractivity contribution is 0.248. The lowest BCUT2D eigenvalue weighted by atomic mass is 10.2. The van der Waals surface area contributed by atoms with E-state index in [4.69, 9.17) is 4.74 Å². The second kappa shape index (κ2) is 5.71. The zero-order chi connectivity index (χ0) is 13.0. The van der Waals surface area contributed by atoms with Crippen molar-refractivity contribution >= 4 is 11.7 Å². The number of hydrogen-bond donors (Lipinski definition) is 2. The summed E-state index contributed by atoms with van der Waals surface area (Å²) >= 11 is 0. The third-order valence-electron chi connectivity index (χ3n) is 3.10. The minimum absolute atomic E-state index is 0.119. The first kappa shape index (κ1) is 12.7. The summed E-state index contributed by atoms with van der Waals surface area (Å²) in [5.74, 6) is -0.326. The molecule has 0 atom stereocenters. The molecule has 0 bridgehead atoms. The molecule has 0 heterocycles. The molecule has 1 aliphatic carbocycles. The van der Waals surface area contributed by atoms with Crippen molar-refractivity contribution in [2.45, 2.75) is 31.7 Å². The summed E-state index contributed by atoms with van der Waals surface area (Å²) in [5, 5.41) is 5.57. The topological polar surface area (TPSA) is 50.4 Å². The molecule has 0 aliphatic heterocycles. The number of carbonyl (C=O) groups excluding carboxylic acids is 1. The highest BCUT2D eigenvalue weighted by molar-refractivity contribution is 5.89. The summed E-state index contributed by atoms with van der Waals surface area (Å²) in [6.45, 7) is 0. The highest BCUT2D eigenvalue weighted by Gasteiger charge is 2.17. The van der Waals surface area contributed by atoms with E-state index >= 15 is 0 Å². The van der Waals surface area contributed by atoms with Crippen molar-refractivity contribution in [2.75, 3.05) is 12.4 Å². The van der Waals surface area contributed by atoms with Gasteiger partial charge < -0.3 is 15.4 Å². The monoisotopic (exact) mass is 252 g/mol. The molecular formula is C13H17FN2O2. The number of benzene rings is 1. The van der Waals surface area contributed by atoms with Crippen LogP contribution in [0.25, 0.3) is 0 Å². The van der Waals surface area contributed by atoms with Crippen LogP contribution in [0.5, 0.6) is 5.75 Å². The summed E-state index contributed by atoms with van der Waals surface area (Å²) in [4.78, 5) is 11.7. The third-order valence-corrected chi connectivity index (χ3v) is 3.10. The van der Waals surface area contributed by atoms with E-state index in [0.29, 0.717) is 5.69 Å². The van der Waals surface area contributed by atoms with E-state index in [1.807, 2.05) is 0 Å². The molecule has 4 nitrogen and oxygen atoms in total. The van der Waals surface area contributed by atoms with Gasteiger partial charge in [0.2, 0.25) is 0 Å². The van der Waals surface area contributed by atoms with E-state index < -0.39 is 5.82 Å². The van der Waals surface area contributed by atoms with Gasteiger partial charge >= 0.3 is 6.03 Å². The molecule has 0 aromatic heterocycles. The second-order valence-electron chi connectivity index (χ2n) is 4.43. The van der Waals surface area contributed by atoms with Crippen molar-refractivity contribution in [3.63, 3.8) is 0 Å². The number of hydrogen-bond acceptors (Lipinski definition) is 2. The number of amides is 2. The summed E-state index contributed by atoms with van der Waals surface area (Å²) in [6, 6.07) is 4.24. The first-order valence-corrected chi connectivity index (χ1v) is 6.10. The molecule has 5 heteroatoms. The molecular weight excluding hydrogens is 235 g/mol. The van der Waals surface area contributed by atoms with Crippen molar-refractivity contribution in [1.29, 1.82) is 0 Å². The number of nitrogens with one attached hydrogen (secondary N) is 2. The smallest absolute Gasteiger partial charge is 0.319 e. The summed E-state index contributed by atoms with van der Waals surface area (Å²) in [7, 11) is 1.39. The first-order valence-electron chi connectivity index (χ1n) is 6.10. The normalized spacial score (nSPS) is 15.4. The largest absolute Gasteiger partial charge is 0.494 e. The first-order chi connectivity index (χ1) is 8.69. The van der Waals surface area contributed by atoms with Gasteiger partial charge in [-0.2, -0.15) is 0 Å². The van der Waals surface area contributed by atoms with E-state index in [0.717, 1.165) is 25.7 Å². The molecule has 1 saturated carbocycles. The van der Waals surface area contributed by atoms with E-state index in [9.17, 15) is 9.18 Å². The van der Waals surface area contributed by atoms with Crippen LogP contribution in [0.15, 0.2) is 18.2 Å². The van der Waals surface area contributed by atoms with Crippen LogP contribution in [-0.4, -0.2) is 19.2 Å². The standard InChI is InChI=1S/C13H17FN2O2/c1-18-12-8-10(6-7-11(12)14)16-13(17)15-9-4-2-3-5-9/h6-9H,2-5H2,1H3,(H2,15,16,17). The molecule has 1 aromatic rings. The maximum Gasteiger partial charge on any atom is 0.319 e. The van der Waals surface area contributed by atoms with Gasteiger partial charge in [0.15, 0.2) is 11.6 Å². The SMILES string of the molecule is COc1cc(NC(=O)NC2CCCC2)ccc1F. The van der Waals surface area contributed by atoms with Crippen molar-refractivity contribution in [1.82, 2.24) is 5.32 Å². The maximum absolute atomic E-state index is 13.2. The van der Waals surface area contributed by atoms with E-state index in [1.165, 1.54) is 25.3 Å². The molecule has 0 unspecified atom stereocenters. The molecule has 1 aliphatic rings. The van der Waals surface area contributed by atoms with Gasteiger partial charge in [-0.25, -0.2) is 9.18 Å².